The summed E-state index contributed by atoms with van der Waals surface area (Å²) in [5.74, 6) is -0.787. The van der Waals surface area contributed by atoms with Crippen molar-refractivity contribution < 1.29 is 27.5 Å². The molecular weight excluding hydrogens is 408 g/mol. The minimum absolute atomic E-state index is 0.0213. The smallest absolute Gasteiger partial charge is 0.338 e. The van der Waals surface area contributed by atoms with E-state index in [0.29, 0.717) is 11.3 Å². The maximum Gasteiger partial charge on any atom is 0.338 e. The van der Waals surface area contributed by atoms with Crippen LogP contribution in [0.3, 0.4) is 0 Å². The molecule has 2 aromatic rings. The van der Waals surface area contributed by atoms with E-state index in [4.69, 9.17) is 9.47 Å². The summed E-state index contributed by atoms with van der Waals surface area (Å²) in [5.41, 5.74) is 1.66. The largest absolute Gasteiger partial charge is 0.497 e. The number of sulfone groups is 1. The molecule has 8 nitrogen and oxygen atoms in total. The number of ether oxygens (including phenoxy) is 2. The third kappa shape index (κ3) is 4.46. The Hall–Kier alpha value is -3.33. The first-order valence-corrected chi connectivity index (χ1v) is 10.7. The molecule has 0 unspecified atom stereocenters. The number of rotatable bonds is 6. The number of aryl methyl sites for hydroxylation is 1. The van der Waals surface area contributed by atoms with Gasteiger partial charge in [-0.2, -0.15) is 0 Å². The second-order valence-electron chi connectivity index (χ2n) is 6.76. The fourth-order valence-corrected chi connectivity index (χ4v) is 4.47. The van der Waals surface area contributed by atoms with Gasteiger partial charge in [0.15, 0.2) is 9.84 Å². The maximum absolute atomic E-state index is 13.0. The standard InChI is InChI=1S/C21H22N2O6S/c1-13-4-6-14(7-5-13)19-18(20(24)29-3)17(22-21(25)23-19)12-30(26,27)16-10-8-15(28-2)9-11-16/h4-11,19H,12H2,1-3H3,(H2,22,23,25)/t19-/m1/s1. The highest BCUT2D eigenvalue weighted by atomic mass is 32.2. The molecule has 2 amide bonds. The van der Waals surface area contributed by atoms with Crippen LogP contribution < -0.4 is 15.4 Å². The number of esters is 1. The first-order valence-electron chi connectivity index (χ1n) is 9.07. The fraction of sp³-hybridized carbons (Fsp3) is 0.238. The number of nitrogens with one attached hydrogen (secondary N) is 2. The van der Waals surface area contributed by atoms with Gasteiger partial charge in [0.05, 0.1) is 36.5 Å². The van der Waals surface area contributed by atoms with Crippen LogP contribution in [0.25, 0.3) is 0 Å². The molecule has 1 aliphatic rings. The summed E-state index contributed by atoms with van der Waals surface area (Å²) < 4.78 is 35.8. The van der Waals surface area contributed by atoms with E-state index in [1.165, 1.54) is 38.5 Å². The molecule has 30 heavy (non-hydrogen) atoms. The van der Waals surface area contributed by atoms with Gasteiger partial charge in [0, 0.05) is 5.70 Å². The van der Waals surface area contributed by atoms with Crippen LogP contribution in [0.4, 0.5) is 4.79 Å². The number of benzene rings is 2. The van der Waals surface area contributed by atoms with E-state index >= 15 is 0 Å². The number of methoxy groups -OCH3 is 2. The Morgan fingerprint density at radius 3 is 2.23 bits per heavy atom. The lowest BCUT2D eigenvalue weighted by Crippen LogP contribution is -2.47. The molecule has 3 rings (SSSR count). The lowest BCUT2D eigenvalue weighted by molar-refractivity contribution is -0.136. The number of urea groups is 1. The average molecular weight is 430 g/mol. The van der Waals surface area contributed by atoms with Crippen molar-refractivity contribution in [3.05, 3.63) is 70.9 Å². The summed E-state index contributed by atoms with van der Waals surface area (Å²) in [6.45, 7) is 1.91. The predicted molar refractivity (Wildman–Crippen MR) is 110 cm³/mol. The lowest BCUT2D eigenvalue weighted by Gasteiger charge is -2.29. The molecule has 1 aliphatic heterocycles. The molecule has 0 aromatic heterocycles. The van der Waals surface area contributed by atoms with E-state index in [9.17, 15) is 18.0 Å². The molecule has 1 heterocycles. The molecule has 1 atom stereocenters. The third-order valence-electron chi connectivity index (χ3n) is 4.72. The minimum Gasteiger partial charge on any atom is -0.497 e. The van der Waals surface area contributed by atoms with Crippen molar-refractivity contribution in [1.82, 2.24) is 10.6 Å². The normalized spacial score (nSPS) is 16.5. The van der Waals surface area contributed by atoms with Gasteiger partial charge in [0.25, 0.3) is 0 Å². The lowest BCUT2D eigenvalue weighted by atomic mass is 9.95. The van der Waals surface area contributed by atoms with E-state index in [-0.39, 0.29) is 16.2 Å². The van der Waals surface area contributed by atoms with Crippen molar-refractivity contribution in [2.24, 2.45) is 0 Å². The summed E-state index contributed by atoms with van der Waals surface area (Å²) >= 11 is 0. The van der Waals surface area contributed by atoms with Crippen LogP contribution in [0, 0.1) is 6.92 Å². The second kappa shape index (κ2) is 8.58. The van der Waals surface area contributed by atoms with Gasteiger partial charge in [-0.15, -0.1) is 0 Å². The maximum atomic E-state index is 13.0. The van der Waals surface area contributed by atoms with Crippen LogP contribution in [-0.4, -0.2) is 40.4 Å². The van der Waals surface area contributed by atoms with Gasteiger partial charge in [0.2, 0.25) is 0 Å². The average Bonchev–Trinajstić information content (AvgIpc) is 2.73. The van der Waals surface area contributed by atoms with E-state index in [0.717, 1.165) is 5.56 Å². The highest BCUT2D eigenvalue weighted by Crippen LogP contribution is 2.29. The predicted octanol–water partition coefficient (Wildman–Crippen LogP) is 2.26. The van der Waals surface area contributed by atoms with E-state index in [1.807, 2.05) is 19.1 Å². The summed E-state index contributed by atoms with van der Waals surface area (Å²) in [6.07, 6.45) is 0. The van der Waals surface area contributed by atoms with Crippen LogP contribution in [0.15, 0.2) is 64.7 Å². The SMILES string of the molecule is COC(=O)C1=C(CS(=O)(=O)c2ccc(OC)cc2)NC(=O)N[C@@H]1c1ccc(C)cc1. The quantitative estimate of drug-likeness (QED) is 0.680. The Labute approximate surface area is 174 Å². The second-order valence-corrected chi connectivity index (χ2v) is 8.75. The van der Waals surface area contributed by atoms with Gasteiger partial charge in [0.1, 0.15) is 5.75 Å². The third-order valence-corrected chi connectivity index (χ3v) is 6.38. The van der Waals surface area contributed by atoms with Crippen molar-refractivity contribution >= 4 is 21.8 Å². The van der Waals surface area contributed by atoms with Gasteiger partial charge in [-0.3, -0.25) is 0 Å². The van der Waals surface area contributed by atoms with E-state index < -0.39 is 33.6 Å². The highest BCUT2D eigenvalue weighted by Gasteiger charge is 2.35. The molecule has 0 spiro atoms. The Kier molecular flexibility index (Phi) is 6.12. The van der Waals surface area contributed by atoms with Crippen molar-refractivity contribution in [2.45, 2.75) is 17.9 Å². The van der Waals surface area contributed by atoms with Crippen molar-refractivity contribution in [3.8, 4) is 5.75 Å². The van der Waals surface area contributed by atoms with Crippen molar-refractivity contribution in [1.29, 1.82) is 0 Å². The van der Waals surface area contributed by atoms with Gasteiger partial charge < -0.3 is 20.1 Å². The molecule has 158 valence electrons. The molecule has 2 aromatic carbocycles. The molecule has 0 bridgehead atoms. The number of amides is 2. The van der Waals surface area contributed by atoms with Crippen LogP contribution in [0.2, 0.25) is 0 Å². The zero-order valence-corrected chi connectivity index (χ0v) is 17.6. The minimum atomic E-state index is -3.86. The van der Waals surface area contributed by atoms with Gasteiger partial charge in [-0.1, -0.05) is 29.8 Å². The van der Waals surface area contributed by atoms with Crippen LogP contribution in [0.1, 0.15) is 17.2 Å². The van der Waals surface area contributed by atoms with Crippen molar-refractivity contribution in [3.63, 3.8) is 0 Å². The molecule has 0 fully saturated rings. The first kappa shape index (κ1) is 21.4. The highest BCUT2D eigenvalue weighted by molar-refractivity contribution is 7.91. The molecule has 0 saturated carbocycles. The molecule has 2 N–H and O–H groups in total. The number of carbonyl (C=O) groups excluding carboxylic acids is 2. The van der Waals surface area contributed by atoms with Gasteiger partial charge in [-0.05, 0) is 36.8 Å². The number of hydrogen-bond acceptors (Lipinski definition) is 6. The molecule has 0 aliphatic carbocycles. The van der Waals surface area contributed by atoms with Crippen molar-refractivity contribution in [2.75, 3.05) is 20.0 Å². The monoisotopic (exact) mass is 430 g/mol. The summed E-state index contributed by atoms with van der Waals surface area (Å²) in [7, 11) is -1.18. The topological polar surface area (TPSA) is 111 Å². The first-order chi connectivity index (χ1) is 14.2. The van der Waals surface area contributed by atoms with Gasteiger partial charge in [-0.25, -0.2) is 18.0 Å². The Balaban J connectivity index is 2.05. The van der Waals surface area contributed by atoms with Gasteiger partial charge >= 0.3 is 12.0 Å². The summed E-state index contributed by atoms with van der Waals surface area (Å²) in [6, 6.07) is 11.6. The zero-order chi connectivity index (χ0) is 21.9. The molecule has 0 radical (unpaired) electrons. The van der Waals surface area contributed by atoms with Crippen LogP contribution >= 0.6 is 0 Å². The van der Waals surface area contributed by atoms with E-state index in [1.54, 1.807) is 12.1 Å². The number of carbonyl (C=O) groups is 2. The summed E-state index contributed by atoms with van der Waals surface area (Å²) in [5, 5.41) is 5.13. The summed E-state index contributed by atoms with van der Waals surface area (Å²) in [4.78, 5) is 24.9. The zero-order valence-electron chi connectivity index (χ0n) is 16.8. The van der Waals surface area contributed by atoms with E-state index in [2.05, 4.69) is 10.6 Å². The fourth-order valence-electron chi connectivity index (χ4n) is 3.15. The van der Waals surface area contributed by atoms with Crippen LogP contribution in [0.5, 0.6) is 5.75 Å². The van der Waals surface area contributed by atoms with Crippen LogP contribution in [-0.2, 0) is 19.4 Å². The molecule has 9 heteroatoms. The Morgan fingerprint density at radius 2 is 1.67 bits per heavy atom. The Bertz CT molecular complexity index is 1090. The molecule has 0 saturated heterocycles. The Morgan fingerprint density at radius 1 is 1.03 bits per heavy atom. The number of hydrogen-bond donors (Lipinski definition) is 2. The molecular formula is C21H22N2O6S.